The first-order valence-corrected chi connectivity index (χ1v) is 4.68. The second-order valence-corrected chi connectivity index (χ2v) is 3.15. The summed E-state index contributed by atoms with van der Waals surface area (Å²) in [5.74, 6) is -0.616. The predicted molar refractivity (Wildman–Crippen MR) is 47.5 cm³/mol. The molecule has 0 radical (unpaired) electrons. The van der Waals surface area contributed by atoms with E-state index in [1.54, 1.807) is 13.8 Å². The summed E-state index contributed by atoms with van der Waals surface area (Å²) in [6.45, 7) is 6.00. The monoisotopic (exact) mass is 190 g/mol. The van der Waals surface area contributed by atoms with Gasteiger partial charge in [0.25, 0.3) is 0 Å². The van der Waals surface area contributed by atoms with E-state index in [0.717, 1.165) is 19.3 Å². The van der Waals surface area contributed by atoms with E-state index in [2.05, 4.69) is 21.7 Å². The maximum Gasteiger partial charge on any atom is 0.348 e. The number of hydrogen-bond acceptors (Lipinski definition) is 4. The smallest absolute Gasteiger partial charge is 0.269 e. The lowest BCUT2D eigenvalue weighted by molar-refractivity contribution is -0.487. The third-order valence-electron chi connectivity index (χ3n) is 1.47. The van der Waals surface area contributed by atoms with Gasteiger partial charge in [0.2, 0.25) is 0 Å². The minimum atomic E-state index is -0.421. The molecule has 0 amide bonds. The Labute approximate surface area is 79.0 Å². The molecule has 0 aromatic heterocycles. The molecule has 4 nitrogen and oxygen atoms in total. The Morgan fingerprint density at radius 2 is 2.00 bits per heavy atom. The average Bonchev–Trinajstić information content (AvgIpc) is 2.10. The van der Waals surface area contributed by atoms with Crippen LogP contribution >= 0.6 is 0 Å². The van der Waals surface area contributed by atoms with Gasteiger partial charge in [-0.15, -0.1) is 0 Å². The molecule has 0 atom stereocenters. The molecule has 0 spiro atoms. The highest BCUT2D eigenvalue weighted by Gasteiger charge is 2.09. The molecule has 0 saturated carbocycles. The summed E-state index contributed by atoms with van der Waals surface area (Å²) in [5, 5.41) is 4.25. The molecule has 13 heavy (non-hydrogen) atoms. The summed E-state index contributed by atoms with van der Waals surface area (Å²) >= 11 is 0. The van der Waals surface area contributed by atoms with Gasteiger partial charge in [0.15, 0.2) is 0 Å². The van der Waals surface area contributed by atoms with Crippen molar-refractivity contribution >= 4 is 5.97 Å². The third kappa shape index (κ3) is 7.74. The van der Waals surface area contributed by atoms with Crippen molar-refractivity contribution in [3.05, 3.63) is 0 Å². The Morgan fingerprint density at radius 3 is 2.54 bits per heavy atom. The number of carbonyl (C=O) groups is 1. The standard InChI is InChI=1S/C9H18O4/c1-4-5-6-7-11-13-12-9(10)8(2)3/h8H,4-7H2,1-3H3. The van der Waals surface area contributed by atoms with Crippen LogP contribution in [0.1, 0.15) is 40.0 Å². The maximum atomic E-state index is 10.8. The van der Waals surface area contributed by atoms with Crippen LogP contribution in [0.2, 0.25) is 0 Å². The van der Waals surface area contributed by atoms with E-state index < -0.39 is 5.97 Å². The van der Waals surface area contributed by atoms with Gasteiger partial charge in [-0.2, -0.15) is 4.89 Å². The average molecular weight is 190 g/mol. The van der Waals surface area contributed by atoms with Gasteiger partial charge in [0.1, 0.15) is 0 Å². The second kappa shape index (κ2) is 8.01. The van der Waals surface area contributed by atoms with E-state index >= 15 is 0 Å². The van der Waals surface area contributed by atoms with Crippen LogP contribution in [0.5, 0.6) is 0 Å². The van der Waals surface area contributed by atoms with Crippen LogP contribution in [0, 0.1) is 5.92 Å². The molecular weight excluding hydrogens is 172 g/mol. The van der Waals surface area contributed by atoms with Crippen molar-refractivity contribution < 1.29 is 19.6 Å². The topological polar surface area (TPSA) is 44.8 Å². The van der Waals surface area contributed by atoms with Crippen molar-refractivity contribution in [1.29, 1.82) is 0 Å². The van der Waals surface area contributed by atoms with Crippen LogP contribution in [0.15, 0.2) is 0 Å². The van der Waals surface area contributed by atoms with Gasteiger partial charge in [-0.05, 0) is 11.5 Å². The molecule has 0 unspecified atom stereocenters. The minimum Gasteiger partial charge on any atom is -0.269 e. The van der Waals surface area contributed by atoms with E-state index in [9.17, 15) is 4.79 Å². The Bertz CT molecular complexity index is 134. The summed E-state index contributed by atoms with van der Waals surface area (Å²) in [6.07, 6.45) is 3.12. The van der Waals surface area contributed by atoms with Crippen molar-refractivity contribution in [3.8, 4) is 0 Å². The van der Waals surface area contributed by atoms with E-state index in [0.29, 0.717) is 6.61 Å². The number of hydrogen-bond donors (Lipinski definition) is 0. The normalized spacial score (nSPS) is 10.5. The van der Waals surface area contributed by atoms with Gasteiger partial charge < -0.3 is 0 Å². The zero-order valence-corrected chi connectivity index (χ0v) is 8.54. The lowest BCUT2D eigenvalue weighted by Gasteiger charge is -2.03. The molecule has 0 aromatic carbocycles. The molecule has 0 aliphatic rings. The Kier molecular flexibility index (Phi) is 7.63. The quantitative estimate of drug-likeness (QED) is 0.351. The van der Waals surface area contributed by atoms with Gasteiger partial charge >= 0.3 is 5.97 Å². The fraction of sp³-hybridized carbons (Fsp3) is 0.889. The maximum absolute atomic E-state index is 10.8. The molecule has 0 heterocycles. The minimum absolute atomic E-state index is 0.195. The first-order chi connectivity index (χ1) is 6.18. The number of carbonyl (C=O) groups excluding carboxylic acids is 1. The van der Waals surface area contributed by atoms with Gasteiger partial charge in [-0.1, -0.05) is 33.6 Å². The van der Waals surface area contributed by atoms with Crippen LogP contribution in [0.3, 0.4) is 0 Å². The Morgan fingerprint density at radius 1 is 1.31 bits per heavy atom. The fourth-order valence-corrected chi connectivity index (χ4v) is 0.599. The molecular formula is C9H18O4. The second-order valence-electron chi connectivity index (χ2n) is 3.15. The van der Waals surface area contributed by atoms with E-state index in [1.807, 2.05) is 0 Å². The zero-order valence-electron chi connectivity index (χ0n) is 8.54. The van der Waals surface area contributed by atoms with Gasteiger partial charge in [-0.25, -0.2) is 4.79 Å². The number of rotatable bonds is 7. The largest absolute Gasteiger partial charge is 0.348 e. The zero-order chi connectivity index (χ0) is 10.1. The van der Waals surface area contributed by atoms with Crippen molar-refractivity contribution in [3.63, 3.8) is 0 Å². The van der Waals surface area contributed by atoms with E-state index in [4.69, 9.17) is 0 Å². The molecule has 0 saturated heterocycles. The van der Waals surface area contributed by atoms with Crippen LogP contribution in [-0.2, 0) is 19.6 Å². The molecule has 0 aromatic rings. The molecule has 78 valence electrons. The molecule has 0 aliphatic heterocycles. The fourth-order valence-electron chi connectivity index (χ4n) is 0.599. The highest BCUT2D eigenvalue weighted by atomic mass is 17.5. The highest BCUT2D eigenvalue weighted by molar-refractivity contribution is 5.70. The third-order valence-corrected chi connectivity index (χ3v) is 1.47. The summed E-state index contributed by atoms with van der Waals surface area (Å²) in [7, 11) is 0. The first-order valence-electron chi connectivity index (χ1n) is 4.68. The molecule has 0 bridgehead atoms. The molecule has 4 heteroatoms. The predicted octanol–water partition coefficient (Wildman–Crippen LogP) is 2.24. The van der Waals surface area contributed by atoms with Crippen LogP contribution in [0.4, 0.5) is 0 Å². The van der Waals surface area contributed by atoms with Crippen LogP contribution in [0.25, 0.3) is 0 Å². The highest BCUT2D eigenvalue weighted by Crippen LogP contribution is 1.98. The molecule has 0 N–H and O–H groups in total. The summed E-state index contributed by atoms with van der Waals surface area (Å²) in [5.41, 5.74) is 0. The van der Waals surface area contributed by atoms with E-state index in [-0.39, 0.29) is 5.92 Å². The van der Waals surface area contributed by atoms with Crippen LogP contribution in [-0.4, -0.2) is 12.6 Å². The van der Waals surface area contributed by atoms with Crippen molar-refractivity contribution in [2.45, 2.75) is 40.0 Å². The molecule has 0 rings (SSSR count). The summed E-state index contributed by atoms with van der Waals surface area (Å²) in [6, 6.07) is 0. The number of unbranched alkanes of at least 4 members (excludes halogenated alkanes) is 2. The van der Waals surface area contributed by atoms with E-state index in [1.165, 1.54) is 0 Å². The lowest BCUT2D eigenvalue weighted by Crippen LogP contribution is -2.12. The van der Waals surface area contributed by atoms with Gasteiger partial charge in [-0.3, -0.25) is 4.89 Å². The first kappa shape index (κ1) is 12.4. The Balaban J connectivity index is 3.12. The molecule has 0 aliphatic carbocycles. The van der Waals surface area contributed by atoms with Gasteiger partial charge in [0, 0.05) is 0 Å². The summed E-state index contributed by atoms with van der Waals surface area (Å²) < 4.78 is 0. The Hall–Kier alpha value is -0.610. The molecule has 0 fully saturated rings. The SMILES string of the molecule is CCCCCOOOC(=O)C(C)C. The van der Waals surface area contributed by atoms with Crippen molar-refractivity contribution in [2.75, 3.05) is 6.61 Å². The summed E-state index contributed by atoms with van der Waals surface area (Å²) in [4.78, 5) is 19.7. The van der Waals surface area contributed by atoms with Crippen LogP contribution < -0.4 is 0 Å². The van der Waals surface area contributed by atoms with Crippen molar-refractivity contribution in [2.24, 2.45) is 5.92 Å². The lowest BCUT2D eigenvalue weighted by atomic mass is 10.2. The van der Waals surface area contributed by atoms with Gasteiger partial charge in [0.05, 0.1) is 12.5 Å². The van der Waals surface area contributed by atoms with Crippen molar-refractivity contribution in [1.82, 2.24) is 0 Å².